The van der Waals surface area contributed by atoms with Gasteiger partial charge in [0, 0.05) is 19.8 Å². The highest BCUT2D eigenvalue weighted by Gasteiger charge is 2.17. The molecule has 1 aromatic rings. The maximum absolute atomic E-state index is 2.34. The van der Waals surface area contributed by atoms with Crippen LogP contribution in [-0.2, 0) is 0 Å². The molecule has 0 fully saturated rings. The van der Waals surface area contributed by atoms with Crippen LogP contribution in [0.15, 0.2) is 87.1 Å². The molecule has 0 N–H and O–H groups in total. The minimum Gasteiger partial charge on any atom is -0.378 e. The van der Waals surface area contributed by atoms with E-state index in [2.05, 4.69) is 102 Å². The first kappa shape index (κ1) is 20.2. The van der Waals surface area contributed by atoms with Gasteiger partial charge in [0.15, 0.2) is 0 Å². The standard InChI is InChI=1S/C27H33N/c1-18-16-24(20(3)19(18)2)12-13-26-17-25(21(4)22(26)5)11-8-23-9-14-27(15-10-23)28(6)7/h8-15H,16-17H2,1-7H3. The third-order valence-electron chi connectivity index (χ3n) is 6.42. The van der Waals surface area contributed by atoms with Crippen molar-refractivity contribution in [3.8, 4) is 0 Å². The molecule has 2 aliphatic rings. The molecule has 0 radical (unpaired) electrons. The molecular weight excluding hydrogens is 338 g/mol. The third kappa shape index (κ3) is 4.14. The van der Waals surface area contributed by atoms with Crippen molar-refractivity contribution in [2.45, 2.75) is 47.5 Å². The number of hydrogen-bond donors (Lipinski definition) is 0. The number of nitrogens with zero attached hydrogens (tertiary/aromatic N) is 1. The molecule has 1 heteroatoms. The Labute approximate surface area is 171 Å². The Morgan fingerprint density at radius 1 is 0.607 bits per heavy atom. The molecule has 0 unspecified atom stereocenters. The van der Waals surface area contributed by atoms with Crippen molar-refractivity contribution in [1.29, 1.82) is 0 Å². The third-order valence-corrected chi connectivity index (χ3v) is 6.42. The maximum atomic E-state index is 2.34. The normalized spacial score (nSPS) is 18.1. The van der Waals surface area contributed by atoms with Crippen LogP contribution in [0.25, 0.3) is 6.08 Å². The molecule has 0 bridgehead atoms. The molecule has 0 amide bonds. The van der Waals surface area contributed by atoms with Crippen LogP contribution < -0.4 is 4.90 Å². The van der Waals surface area contributed by atoms with Crippen molar-refractivity contribution in [3.63, 3.8) is 0 Å². The summed E-state index contributed by atoms with van der Waals surface area (Å²) in [6.45, 7) is 11.2. The minimum absolute atomic E-state index is 1.03. The predicted molar refractivity (Wildman–Crippen MR) is 125 cm³/mol. The molecule has 1 aromatic carbocycles. The largest absolute Gasteiger partial charge is 0.378 e. The quantitative estimate of drug-likeness (QED) is 0.520. The summed E-state index contributed by atoms with van der Waals surface area (Å²) in [5.41, 5.74) is 14.1. The van der Waals surface area contributed by atoms with E-state index in [0.29, 0.717) is 0 Å². The van der Waals surface area contributed by atoms with Crippen molar-refractivity contribution in [3.05, 3.63) is 92.6 Å². The van der Waals surface area contributed by atoms with Crippen molar-refractivity contribution in [1.82, 2.24) is 0 Å². The van der Waals surface area contributed by atoms with Crippen LogP contribution in [0.3, 0.4) is 0 Å². The van der Waals surface area contributed by atoms with Crippen LogP contribution >= 0.6 is 0 Å². The maximum Gasteiger partial charge on any atom is 0.0361 e. The van der Waals surface area contributed by atoms with E-state index in [9.17, 15) is 0 Å². The molecule has 28 heavy (non-hydrogen) atoms. The highest BCUT2D eigenvalue weighted by molar-refractivity contribution is 5.62. The van der Waals surface area contributed by atoms with Crippen molar-refractivity contribution in [2.24, 2.45) is 0 Å². The summed E-state index contributed by atoms with van der Waals surface area (Å²) < 4.78 is 0. The van der Waals surface area contributed by atoms with Gasteiger partial charge < -0.3 is 4.90 Å². The molecule has 0 saturated carbocycles. The molecule has 0 saturated heterocycles. The highest BCUT2D eigenvalue weighted by atomic mass is 15.1. The van der Waals surface area contributed by atoms with Gasteiger partial charge in [0.25, 0.3) is 0 Å². The van der Waals surface area contributed by atoms with Gasteiger partial charge in [-0.15, -0.1) is 0 Å². The Kier molecular flexibility index (Phi) is 5.93. The zero-order valence-electron chi connectivity index (χ0n) is 18.5. The molecule has 146 valence electrons. The first-order valence-electron chi connectivity index (χ1n) is 10.2. The summed E-state index contributed by atoms with van der Waals surface area (Å²) >= 11 is 0. The van der Waals surface area contributed by atoms with E-state index in [1.165, 1.54) is 55.8 Å². The molecule has 0 heterocycles. The van der Waals surface area contributed by atoms with Crippen molar-refractivity contribution < 1.29 is 0 Å². The lowest BCUT2D eigenvalue weighted by molar-refractivity contribution is 1.13. The molecule has 0 aromatic heterocycles. The van der Waals surface area contributed by atoms with Crippen molar-refractivity contribution >= 4 is 11.8 Å². The summed E-state index contributed by atoms with van der Waals surface area (Å²) in [5, 5.41) is 0. The van der Waals surface area contributed by atoms with E-state index in [1.54, 1.807) is 0 Å². The Hall–Kier alpha value is -2.54. The van der Waals surface area contributed by atoms with Crippen LogP contribution in [0.1, 0.15) is 53.0 Å². The van der Waals surface area contributed by atoms with Gasteiger partial charge in [-0.2, -0.15) is 0 Å². The van der Waals surface area contributed by atoms with Crippen LogP contribution in [0.2, 0.25) is 0 Å². The van der Waals surface area contributed by atoms with Crippen molar-refractivity contribution in [2.75, 3.05) is 19.0 Å². The highest BCUT2D eigenvalue weighted by Crippen LogP contribution is 2.36. The van der Waals surface area contributed by atoms with Crippen LogP contribution in [0.5, 0.6) is 0 Å². The van der Waals surface area contributed by atoms with E-state index in [0.717, 1.165) is 12.8 Å². The SMILES string of the molecule is CC1=C(C)C(C)=C(C=CC2=C(C)C(C)=C(C=Cc3ccc(N(C)C)cc3)C2)C1. The second kappa shape index (κ2) is 8.22. The summed E-state index contributed by atoms with van der Waals surface area (Å²) in [6, 6.07) is 8.71. The fourth-order valence-corrected chi connectivity index (χ4v) is 3.90. The molecule has 0 aliphatic heterocycles. The van der Waals surface area contributed by atoms with E-state index in [-0.39, 0.29) is 0 Å². The number of rotatable bonds is 5. The Balaban J connectivity index is 1.69. The number of hydrogen-bond acceptors (Lipinski definition) is 1. The lowest BCUT2D eigenvalue weighted by Crippen LogP contribution is -2.07. The summed E-state index contributed by atoms with van der Waals surface area (Å²) in [6.07, 6.45) is 11.3. The van der Waals surface area contributed by atoms with Gasteiger partial charge in [-0.25, -0.2) is 0 Å². The zero-order chi connectivity index (χ0) is 20.4. The second-order valence-corrected chi connectivity index (χ2v) is 8.36. The fourth-order valence-electron chi connectivity index (χ4n) is 3.90. The Morgan fingerprint density at radius 3 is 1.54 bits per heavy atom. The molecule has 0 atom stereocenters. The molecule has 3 rings (SSSR count). The van der Waals surface area contributed by atoms with Gasteiger partial charge >= 0.3 is 0 Å². The number of anilines is 1. The lowest BCUT2D eigenvalue weighted by Gasteiger charge is -2.11. The average Bonchev–Trinajstić information content (AvgIpc) is 3.09. The topological polar surface area (TPSA) is 3.24 Å². The predicted octanol–water partition coefficient (Wildman–Crippen LogP) is 7.42. The van der Waals surface area contributed by atoms with Crippen LogP contribution in [0.4, 0.5) is 5.69 Å². The van der Waals surface area contributed by atoms with Crippen LogP contribution in [-0.4, -0.2) is 14.1 Å². The van der Waals surface area contributed by atoms with E-state index in [1.807, 2.05) is 0 Å². The summed E-state index contributed by atoms with van der Waals surface area (Å²) in [5.74, 6) is 0. The summed E-state index contributed by atoms with van der Waals surface area (Å²) in [4.78, 5) is 2.13. The summed E-state index contributed by atoms with van der Waals surface area (Å²) in [7, 11) is 4.14. The fraction of sp³-hybridized carbons (Fsp3) is 0.333. The Morgan fingerprint density at radius 2 is 1.07 bits per heavy atom. The number of benzene rings is 1. The molecular formula is C27H33N. The monoisotopic (exact) mass is 371 g/mol. The van der Waals surface area contributed by atoms with E-state index in [4.69, 9.17) is 0 Å². The van der Waals surface area contributed by atoms with Gasteiger partial charge in [0.2, 0.25) is 0 Å². The zero-order valence-corrected chi connectivity index (χ0v) is 18.5. The molecule has 0 spiro atoms. The lowest BCUT2D eigenvalue weighted by atomic mass is 10.0. The van der Waals surface area contributed by atoms with Gasteiger partial charge in [-0.1, -0.05) is 42.0 Å². The molecule has 1 nitrogen and oxygen atoms in total. The minimum atomic E-state index is 1.03. The Bertz CT molecular complexity index is 954. The van der Waals surface area contributed by atoms with Gasteiger partial charge in [0.05, 0.1) is 0 Å². The smallest absolute Gasteiger partial charge is 0.0361 e. The first-order chi connectivity index (χ1) is 13.3. The second-order valence-electron chi connectivity index (χ2n) is 8.36. The van der Waals surface area contributed by atoms with E-state index < -0.39 is 0 Å². The first-order valence-corrected chi connectivity index (χ1v) is 10.2. The van der Waals surface area contributed by atoms with Gasteiger partial charge in [0.1, 0.15) is 0 Å². The number of allylic oxidation sites excluding steroid dienone is 11. The van der Waals surface area contributed by atoms with Crippen LogP contribution in [0, 0.1) is 0 Å². The van der Waals surface area contributed by atoms with E-state index >= 15 is 0 Å². The molecule has 2 aliphatic carbocycles. The van der Waals surface area contributed by atoms with Gasteiger partial charge in [-0.05, 0) is 104 Å². The van der Waals surface area contributed by atoms with Gasteiger partial charge in [-0.3, -0.25) is 0 Å². The average molecular weight is 372 g/mol.